The highest BCUT2D eigenvalue weighted by molar-refractivity contribution is 5.21. The number of rotatable bonds is 0. The Morgan fingerprint density at radius 1 is 1.10 bits per heavy atom. The molecule has 0 aromatic heterocycles. The molecule has 1 fully saturated rings. The van der Waals surface area contributed by atoms with Crippen molar-refractivity contribution in [1.29, 1.82) is 0 Å². The Hall–Kier alpha value is -0.460. The smallest absolute Gasteiger partial charge is 0.0104 e. The van der Waals surface area contributed by atoms with Crippen LogP contribution in [0.3, 0.4) is 0 Å². The van der Waals surface area contributed by atoms with Gasteiger partial charge < -0.3 is 5.73 Å². The molecule has 1 nitrogen and oxygen atoms in total. The van der Waals surface area contributed by atoms with Gasteiger partial charge in [-0.25, -0.2) is 0 Å². The van der Waals surface area contributed by atoms with Gasteiger partial charge in [0, 0.05) is 5.70 Å². The summed E-state index contributed by atoms with van der Waals surface area (Å²) < 4.78 is 0. The van der Waals surface area contributed by atoms with Gasteiger partial charge in [-0.05, 0) is 44.4 Å². The maximum absolute atomic E-state index is 5.94. The fourth-order valence-corrected chi connectivity index (χ4v) is 2.40. The van der Waals surface area contributed by atoms with Crippen LogP contribution in [0.5, 0.6) is 0 Å². The molecule has 3 rings (SSSR count). The molecule has 0 aromatic carbocycles. The molecule has 3 aliphatic rings. The van der Waals surface area contributed by atoms with Gasteiger partial charge >= 0.3 is 0 Å². The van der Waals surface area contributed by atoms with Crippen molar-refractivity contribution in [3.8, 4) is 0 Å². The van der Waals surface area contributed by atoms with E-state index in [4.69, 9.17) is 5.73 Å². The Bertz CT molecular complexity index is 153. The zero-order valence-electron chi connectivity index (χ0n) is 6.56. The zero-order valence-corrected chi connectivity index (χ0v) is 6.56. The summed E-state index contributed by atoms with van der Waals surface area (Å²) in [4.78, 5) is 0. The third kappa shape index (κ3) is 0.695. The van der Waals surface area contributed by atoms with E-state index in [2.05, 4.69) is 6.92 Å². The van der Waals surface area contributed by atoms with Gasteiger partial charge in [0.05, 0.1) is 0 Å². The SMILES string of the molecule is CC1=C(N)C2CCC1CC2. The van der Waals surface area contributed by atoms with Crippen LogP contribution in [0.15, 0.2) is 11.3 Å². The molecule has 2 bridgehead atoms. The van der Waals surface area contributed by atoms with Crippen LogP contribution in [-0.4, -0.2) is 0 Å². The van der Waals surface area contributed by atoms with Crippen molar-refractivity contribution < 1.29 is 0 Å². The number of nitrogens with two attached hydrogens (primary N) is 1. The van der Waals surface area contributed by atoms with E-state index >= 15 is 0 Å². The third-order valence-corrected chi connectivity index (χ3v) is 3.23. The molecule has 0 heterocycles. The second kappa shape index (κ2) is 2.01. The van der Waals surface area contributed by atoms with Crippen molar-refractivity contribution in [3.63, 3.8) is 0 Å². The lowest BCUT2D eigenvalue weighted by molar-refractivity contribution is 0.292. The summed E-state index contributed by atoms with van der Waals surface area (Å²) in [5, 5.41) is 0. The number of allylic oxidation sites excluding steroid dienone is 2. The molecule has 0 unspecified atom stereocenters. The molecule has 3 aliphatic carbocycles. The first-order valence-corrected chi connectivity index (χ1v) is 4.25. The maximum atomic E-state index is 5.94. The number of fused-ring (bicyclic) bond motifs is 2. The number of hydrogen-bond acceptors (Lipinski definition) is 1. The van der Waals surface area contributed by atoms with Gasteiger partial charge in [-0.15, -0.1) is 0 Å². The van der Waals surface area contributed by atoms with Crippen LogP contribution in [0.25, 0.3) is 0 Å². The summed E-state index contributed by atoms with van der Waals surface area (Å²) in [6, 6.07) is 0. The fraction of sp³-hybridized carbons (Fsp3) is 0.778. The van der Waals surface area contributed by atoms with Gasteiger partial charge in [0.1, 0.15) is 0 Å². The summed E-state index contributed by atoms with van der Waals surface area (Å²) in [6.07, 6.45) is 5.51. The second-order valence-electron chi connectivity index (χ2n) is 3.69. The van der Waals surface area contributed by atoms with Crippen molar-refractivity contribution in [2.24, 2.45) is 17.6 Å². The van der Waals surface area contributed by atoms with Crippen LogP contribution in [0.1, 0.15) is 32.6 Å². The Labute approximate surface area is 62.3 Å². The lowest BCUT2D eigenvalue weighted by Gasteiger charge is -2.37. The quantitative estimate of drug-likeness (QED) is 0.543. The Balaban J connectivity index is 2.35. The summed E-state index contributed by atoms with van der Waals surface area (Å²) >= 11 is 0. The summed E-state index contributed by atoms with van der Waals surface area (Å²) in [7, 11) is 0. The molecular formula is C9H15N. The van der Waals surface area contributed by atoms with Crippen molar-refractivity contribution in [2.45, 2.75) is 32.6 Å². The van der Waals surface area contributed by atoms with Crippen LogP contribution < -0.4 is 5.73 Å². The summed E-state index contributed by atoms with van der Waals surface area (Å²) in [5.41, 5.74) is 8.67. The Morgan fingerprint density at radius 2 is 1.60 bits per heavy atom. The fourth-order valence-electron chi connectivity index (χ4n) is 2.40. The van der Waals surface area contributed by atoms with Crippen molar-refractivity contribution in [1.82, 2.24) is 0 Å². The molecule has 0 saturated heterocycles. The van der Waals surface area contributed by atoms with Crippen LogP contribution in [0, 0.1) is 11.8 Å². The van der Waals surface area contributed by atoms with E-state index in [1.807, 2.05) is 0 Å². The summed E-state index contributed by atoms with van der Waals surface area (Å²) in [5.74, 6) is 1.61. The van der Waals surface area contributed by atoms with Crippen LogP contribution in [-0.2, 0) is 0 Å². The van der Waals surface area contributed by atoms with Gasteiger partial charge in [0.15, 0.2) is 0 Å². The van der Waals surface area contributed by atoms with E-state index < -0.39 is 0 Å². The van der Waals surface area contributed by atoms with Gasteiger partial charge in [0.25, 0.3) is 0 Å². The molecule has 1 saturated carbocycles. The predicted octanol–water partition coefficient (Wildman–Crippen LogP) is 2.04. The van der Waals surface area contributed by atoms with Gasteiger partial charge in [-0.1, -0.05) is 5.57 Å². The minimum atomic E-state index is 0.755. The van der Waals surface area contributed by atoms with Crippen molar-refractivity contribution in [3.05, 3.63) is 11.3 Å². The van der Waals surface area contributed by atoms with Gasteiger partial charge in [-0.3, -0.25) is 0 Å². The molecular weight excluding hydrogens is 122 g/mol. The predicted molar refractivity (Wildman–Crippen MR) is 42.3 cm³/mol. The standard InChI is InChI=1S/C9H15N/c1-6-7-2-4-8(5-3-7)9(6)10/h7-8H,2-5,10H2,1H3. The molecule has 2 N–H and O–H groups in total. The van der Waals surface area contributed by atoms with E-state index in [1.54, 1.807) is 0 Å². The van der Waals surface area contributed by atoms with Crippen molar-refractivity contribution in [2.75, 3.05) is 0 Å². The van der Waals surface area contributed by atoms with E-state index in [1.165, 1.54) is 37.0 Å². The first-order valence-electron chi connectivity index (χ1n) is 4.25. The van der Waals surface area contributed by atoms with Crippen LogP contribution >= 0.6 is 0 Å². The van der Waals surface area contributed by atoms with E-state index in [-0.39, 0.29) is 0 Å². The normalized spacial score (nSPS) is 38.9. The number of hydrogen-bond donors (Lipinski definition) is 1. The minimum absolute atomic E-state index is 0.755. The van der Waals surface area contributed by atoms with E-state index in [0.717, 1.165) is 11.8 Å². The van der Waals surface area contributed by atoms with Gasteiger partial charge in [-0.2, -0.15) is 0 Å². The van der Waals surface area contributed by atoms with E-state index in [9.17, 15) is 0 Å². The Morgan fingerprint density at radius 3 is 1.90 bits per heavy atom. The highest BCUT2D eigenvalue weighted by Gasteiger charge is 2.31. The average Bonchev–Trinajstić information content (AvgIpc) is 2.00. The zero-order chi connectivity index (χ0) is 7.14. The first kappa shape index (κ1) is 6.26. The second-order valence-corrected chi connectivity index (χ2v) is 3.69. The average molecular weight is 137 g/mol. The molecule has 0 aliphatic heterocycles. The lowest BCUT2D eigenvalue weighted by atomic mass is 9.70. The highest BCUT2D eigenvalue weighted by atomic mass is 14.6. The maximum Gasteiger partial charge on any atom is 0.0104 e. The first-order chi connectivity index (χ1) is 4.79. The molecule has 0 atom stereocenters. The molecule has 0 spiro atoms. The van der Waals surface area contributed by atoms with Crippen LogP contribution in [0.4, 0.5) is 0 Å². The summed E-state index contributed by atoms with van der Waals surface area (Å²) in [6.45, 7) is 2.21. The molecule has 10 heavy (non-hydrogen) atoms. The van der Waals surface area contributed by atoms with Gasteiger partial charge in [0.2, 0.25) is 0 Å². The van der Waals surface area contributed by atoms with Crippen molar-refractivity contribution >= 4 is 0 Å². The molecule has 1 heteroatoms. The van der Waals surface area contributed by atoms with Crippen LogP contribution in [0.2, 0.25) is 0 Å². The molecule has 56 valence electrons. The molecule has 0 amide bonds. The lowest BCUT2D eigenvalue weighted by Crippen LogP contribution is -2.29. The highest BCUT2D eigenvalue weighted by Crippen LogP contribution is 2.42. The largest absolute Gasteiger partial charge is 0.402 e. The topological polar surface area (TPSA) is 26.0 Å². The minimum Gasteiger partial charge on any atom is -0.402 e. The Kier molecular flexibility index (Phi) is 1.26. The molecule has 0 aromatic rings. The third-order valence-electron chi connectivity index (χ3n) is 3.23. The monoisotopic (exact) mass is 137 g/mol. The van der Waals surface area contributed by atoms with E-state index in [0.29, 0.717) is 0 Å². The molecule has 0 radical (unpaired) electrons.